The van der Waals surface area contributed by atoms with Gasteiger partial charge >= 0.3 is 0 Å². The van der Waals surface area contributed by atoms with E-state index in [1.165, 1.54) is 29.7 Å². The van der Waals surface area contributed by atoms with Crippen LogP contribution in [0.15, 0.2) is 35.9 Å². The molecule has 0 spiro atoms. The van der Waals surface area contributed by atoms with E-state index >= 15 is 0 Å². The highest BCUT2D eigenvalue weighted by atomic mass is 16.5. The minimum atomic E-state index is -0.176. The molecule has 0 aromatic heterocycles. The second-order valence-corrected chi connectivity index (χ2v) is 11.9. The molecule has 1 aromatic carbocycles. The lowest BCUT2D eigenvalue weighted by molar-refractivity contribution is -0.118. The first-order chi connectivity index (χ1) is 16.7. The summed E-state index contributed by atoms with van der Waals surface area (Å²) in [5, 5.41) is 11.0. The quantitative estimate of drug-likeness (QED) is 0.576. The molecule has 4 heteroatoms. The van der Waals surface area contributed by atoms with Gasteiger partial charge in [-0.25, -0.2) is 0 Å². The van der Waals surface area contributed by atoms with Crippen molar-refractivity contribution < 1.29 is 14.6 Å². The number of carbonyl (C=O) groups is 1. The van der Waals surface area contributed by atoms with E-state index in [0.717, 1.165) is 25.7 Å². The third-order valence-corrected chi connectivity index (χ3v) is 9.94. The van der Waals surface area contributed by atoms with Gasteiger partial charge in [0.25, 0.3) is 0 Å². The molecule has 4 aliphatic rings. The van der Waals surface area contributed by atoms with Gasteiger partial charge in [0.05, 0.1) is 6.10 Å². The second kappa shape index (κ2) is 10.1. The summed E-state index contributed by atoms with van der Waals surface area (Å²) >= 11 is 0. The van der Waals surface area contributed by atoms with Crippen LogP contribution in [0, 0.1) is 40.9 Å². The second-order valence-electron chi connectivity index (χ2n) is 11.9. The Balaban J connectivity index is 0.000000527. The zero-order valence-electron chi connectivity index (χ0n) is 22.2. The SMILES string of the molecule is C#CCOC.CN(C)c1ccc(C2CC3(C)C(O)CCC3C3CCC4=CC(=O)CCC4(C)C23)cc1. The van der Waals surface area contributed by atoms with Crippen LogP contribution in [0.1, 0.15) is 70.3 Å². The molecule has 5 rings (SSSR count). The molecule has 0 radical (unpaired) electrons. The molecule has 0 heterocycles. The van der Waals surface area contributed by atoms with Crippen molar-refractivity contribution in [2.45, 2.75) is 70.8 Å². The third kappa shape index (κ3) is 4.58. The molecule has 0 amide bonds. The van der Waals surface area contributed by atoms with Crippen molar-refractivity contribution in [3.05, 3.63) is 41.5 Å². The summed E-state index contributed by atoms with van der Waals surface area (Å²) in [5.74, 6) is 4.90. The van der Waals surface area contributed by atoms with E-state index in [1.54, 1.807) is 7.11 Å². The Kier molecular flexibility index (Phi) is 7.51. The highest BCUT2D eigenvalue weighted by Crippen LogP contribution is 2.68. The van der Waals surface area contributed by atoms with Crippen LogP contribution in [0.2, 0.25) is 0 Å². The third-order valence-electron chi connectivity index (χ3n) is 9.94. The lowest BCUT2D eigenvalue weighted by Crippen LogP contribution is -2.54. The van der Waals surface area contributed by atoms with E-state index in [4.69, 9.17) is 6.42 Å². The molecular formula is C31H43NO3. The van der Waals surface area contributed by atoms with Crippen LogP contribution >= 0.6 is 0 Å². The van der Waals surface area contributed by atoms with Crippen LogP contribution in [0.4, 0.5) is 5.69 Å². The highest BCUT2D eigenvalue weighted by Gasteiger charge is 2.62. The first-order valence-corrected chi connectivity index (χ1v) is 13.3. The maximum absolute atomic E-state index is 12.2. The zero-order valence-corrected chi connectivity index (χ0v) is 22.2. The number of anilines is 1. The van der Waals surface area contributed by atoms with Gasteiger partial charge < -0.3 is 14.7 Å². The molecule has 7 unspecified atom stereocenters. The number of rotatable bonds is 3. The Morgan fingerprint density at radius 2 is 1.86 bits per heavy atom. The predicted octanol–water partition coefficient (Wildman–Crippen LogP) is 5.60. The minimum absolute atomic E-state index is 0.0219. The number of hydrogen-bond acceptors (Lipinski definition) is 4. The van der Waals surface area contributed by atoms with Crippen molar-refractivity contribution in [2.24, 2.45) is 28.6 Å². The van der Waals surface area contributed by atoms with E-state index in [9.17, 15) is 9.90 Å². The van der Waals surface area contributed by atoms with Crippen LogP contribution in [0.5, 0.6) is 0 Å². The highest BCUT2D eigenvalue weighted by molar-refractivity contribution is 5.91. The van der Waals surface area contributed by atoms with Crippen LogP contribution in [0.3, 0.4) is 0 Å². The molecule has 3 saturated carbocycles. The molecule has 3 fully saturated rings. The van der Waals surface area contributed by atoms with Crippen molar-refractivity contribution in [2.75, 3.05) is 32.7 Å². The largest absolute Gasteiger partial charge is 0.393 e. The number of aliphatic hydroxyl groups is 1. The van der Waals surface area contributed by atoms with Gasteiger partial charge in [-0.3, -0.25) is 4.79 Å². The fourth-order valence-electron chi connectivity index (χ4n) is 8.14. The van der Waals surface area contributed by atoms with Gasteiger partial charge in [0.2, 0.25) is 0 Å². The molecule has 1 aromatic rings. The molecule has 35 heavy (non-hydrogen) atoms. The van der Waals surface area contributed by atoms with Crippen molar-refractivity contribution in [3.8, 4) is 12.3 Å². The maximum atomic E-state index is 12.2. The molecular weight excluding hydrogens is 434 g/mol. The van der Waals surface area contributed by atoms with E-state index in [2.05, 4.69) is 67.8 Å². The Bertz CT molecular complexity index is 989. The summed E-state index contributed by atoms with van der Waals surface area (Å²) in [6.45, 7) is 5.24. The monoisotopic (exact) mass is 477 g/mol. The average Bonchev–Trinajstić information content (AvgIpc) is 3.14. The lowest BCUT2D eigenvalue weighted by atomic mass is 9.44. The summed E-state index contributed by atoms with van der Waals surface area (Å²) < 4.78 is 4.45. The Labute approximate surface area is 212 Å². The standard InChI is InChI=1S/C27H37NO2.C4H6O/c1-26-14-13-20(29)15-18(26)7-10-21-23-11-12-24(30)27(23,2)16-22(25(21)26)17-5-8-19(9-6-17)28(3)4;1-3-4-5-2/h5-6,8-9,15,21-25,30H,7,10-14,16H2,1-4H3;1H,4H2,2H3. The number of allylic oxidation sites excluding steroid dienone is 1. The van der Waals surface area contributed by atoms with E-state index in [0.29, 0.717) is 42.5 Å². The minimum Gasteiger partial charge on any atom is -0.393 e. The molecule has 0 saturated heterocycles. The maximum Gasteiger partial charge on any atom is 0.155 e. The van der Waals surface area contributed by atoms with E-state index in [-0.39, 0.29) is 16.9 Å². The van der Waals surface area contributed by atoms with Gasteiger partial charge in [0.1, 0.15) is 6.61 Å². The number of ether oxygens (including phenoxy) is 1. The van der Waals surface area contributed by atoms with Gasteiger partial charge in [-0.05, 0) is 96.8 Å². The number of terminal acetylenes is 1. The molecule has 0 aliphatic heterocycles. The van der Waals surface area contributed by atoms with Crippen molar-refractivity contribution in [1.82, 2.24) is 0 Å². The van der Waals surface area contributed by atoms with E-state index < -0.39 is 0 Å². The average molecular weight is 478 g/mol. The predicted molar refractivity (Wildman–Crippen MR) is 142 cm³/mol. The summed E-state index contributed by atoms with van der Waals surface area (Å²) in [6.07, 6.45) is 13.7. The summed E-state index contributed by atoms with van der Waals surface area (Å²) in [6, 6.07) is 9.15. The Hall–Kier alpha value is -2.09. The fourth-order valence-corrected chi connectivity index (χ4v) is 8.14. The lowest BCUT2D eigenvalue weighted by Gasteiger charge is -2.61. The fraction of sp³-hybridized carbons (Fsp3) is 0.645. The Morgan fingerprint density at radius 3 is 2.46 bits per heavy atom. The smallest absolute Gasteiger partial charge is 0.155 e. The van der Waals surface area contributed by atoms with Crippen LogP contribution in [-0.2, 0) is 9.53 Å². The number of ketones is 1. The summed E-state index contributed by atoms with van der Waals surface area (Å²) in [5.41, 5.74) is 4.21. The molecule has 4 aliphatic carbocycles. The summed E-state index contributed by atoms with van der Waals surface area (Å²) in [4.78, 5) is 14.4. The number of hydrogen-bond donors (Lipinski definition) is 1. The first-order valence-electron chi connectivity index (χ1n) is 13.3. The van der Waals surface area contributed by atoms with Crippen LogP contribution in [0.25, 0.3) is 0 Å². The van der Waals surface area contributed by atoms with E-state index in [1.807, 2.05) is 6.08 Å². The zero-order chi connectivity index (χ0) is 25.4. The van der Waals surface area contributed by atoms with Gasteiger partial charge in [-0.1, -0.05) is 37.5 Å². The molecule has 4 nitrogen and oxygen atoms in total. The van der Waals surface area contributed by atoms with Gasteiger partial charge in [0, 0.05) is 33.3 Å². The number of methoxy groups -OCH3 is 1. The first kappa shape index (κ1) is 26.0. The van der Waals surface area contributed by atoms with Crippen LogP contribution < -0.4 is 4.90 Å². The van der Waals surface area contributed by atoms with Crippen LogP contribution in [-0.4, -0.2) is 44.8 Å². The topological polar surface area (TPSA) is 49.8 Å². The molecule has 0 bridgehead atoms. The number of carbonyl (C=O) groups excluding carboxylic acids is 1. The number of fused-ring (bicyclic) bond motifs is 5. The number of nitrogens with zero attached hydrogens (tertiary/aromatic N) is 1. The van der Waals surface area contributed by atoms with Crippen molar-refractivity contribution >= 4 is 11.5 Å². The normalized spacial score (nSPS) is 37.6. The van der Waals surface area contributed by atoms with Crippen molar-refractivity contribution in [3.63, 3.8) is 0 Å². The number of benzene rings is 1. The van der Waals surface area contributed by atoms with Gasteiger partial charge in [-0.15, -0.1) is 6.42 Å². The molecule has 7 atom stereocenters. The Morgan fingerprint density at radius 1 is 1.14 bits per heavy atom. The molecule has 1 N–H and O–H groups in total. The van der Waals surface area contributed by atoms with Gasteiger partial charge in [-0.2, -0.15) is 0 Å². The number of aliphatic hydroxyl groups excluding tert-OH is 1. The van der Waals surface area contributed by atoms with Crippen molar-refractivity contribution in [1.29, 1.82) is 0 Å². The summed E-state index contributed by atoms with van der Waals surface area (Å²) in [7, 11) is 5.74. The van der Waals surface area contributed by atoms with Gasteiger partial charge in [0.15, 0.2) is 5.78 Å². The molecule has 190 valence electrons.